The standard InChI is InChI=1S/C18H14N2O4/c21-17-15-9-1-2-10-16(15)18(22)19(17)11-4-3-6-13-7-5-8-14(12-13)20(23)24/h1-3,5-10,12H,4,11H2/b6-3+. The van der Waals surface area contributed by atoms with Crippen LogP contribution < -0.4 is 0 Å². The fraction of sp³-hybridized carbons (Fsp3) is 0.111. The van der Waals surface area contributed by atoms with E-state index in [4.69, 9.17) is 0 Å². The van der Waals surface area contributed by atoms with Gasteiger partial charge in [-0.15, -0.1) is 0 Å². The van der Waals surface area contributed by atoms with Crippen LogP contribution in [0.3, 0.4) is 0 Å². The van der Waals surface area contributed by atoms with Gasteiger partial charge in [-0.1, -0.05) is 36.4 Å². The van der Waals surface area contributed by atoms with Gasteiger partial charge in [0.25, 0.3) is 17.5 Å². The van der Waals surface area contributed by atoms with Crippen molar-refractivity contribution in [1.82, 2.24) is 4.90 Å². The summed E-state index contributed by atoms with van der Waals surface area (Å²) < 4.78 is 0. The highest BCUT2D eigenvalue weighted by atomic mass is 16.6. The lowest BCUT2D eigenvalue weighted by Gasteiger charge is -2.11. The van der Waals surface area contributed by atoms with Crippen molar-refractivity contribution < 1.29 is 14.5 Å². The highest BCUT2D eigenvalue weighted by Gasteiger charge is 2.34. The lowest BCUT2D eigenvalue weighted by molar-refractivity contribution is -0.384. The van der Waals surface area contributed by atoms with E-state index in [0.717, 1.165) is 0 Å². The number of nitro groups is 1. The van der Waals surface area contributed by atoms with Crippen LogP contribution in [0.25, 0.3) is 6.08 Å². The lowest BCUT2D eigenvalue weighted by atomic mass is 10.1. The average molecular weight is 322 g/mol. The molecule has 0 radical (unpaired) electrons. The Morgan fingerprint density at radius 1 is 1.00 bits per heavy atom. The summed E-state index contributed by atoms with van der Waals surface area (Å²) in [4.78, 5) is 35.9. The van der Waals surface area contributed by atoms with Crippen molar-refractivity contribution in [3.63, 3.8) is 0 Å². The third-order valence-corrected chi connectivity index (χ3v) is 3.79. The molecule has 2 aromatic carbocycles. The van der Waals surface area contributed by atoms with Gasteiger partial charge in [-0.2, -0.15) is 0 Å². The van der Waals surface area contributed by atoms with Gasteiger partial charge in [0.1, 0.15) is 0 Å². The molecule has 0 bridgehead atoms. The summed E-state index contributed by atoms with van der Waals surface area (Å²) in [7, 11) is 0. The van der Waals surface area contributed by atoms with Crippen molar-refractivity contribution in [3.8, 4) is 0 Å². The molecule has 0 aromatic heterocycles. The van der Waals surface area contributed by atoms with Crippen LogP contribution in [0.5, 0.6) is 0 Å². The molecule has 1 aliphatic rings. The smallest absolute Gasteiger partial charge is 0.270 e. The van der Waals surface area contributed by atoms with E-state index in [1.165, 1.54) is 17.0 Å². The summed E-state index contributed by atoms with van der Waals surface area (Å²) in [6, 6.07) is 13.0. The molecule has 0 N–H and O–H groups in total. The number of nitrogens with zero attached hydrogens (tertiary/aromatic N) is 2. The number of imide groups is 1. The number of non-ortho nitro benzene ring substituents is 1. The zero-order valence-corrected chi connectivity index (χ0v) is 12.7. The molecular weight excluding hydrogens is 308 g/mol. The van der Waals surface area contributed by atoms with Crippen molar-refractivity contribution in [2.24, 2.45) is 0 Å². The van der Waals surface area contributed by atoms with Gasteiger partial charge in [0, 0.05) is 18.7 Å². The second kappa shape index (κ2) is 6.45. The van der Waals surface area contributed by atoms with Gasteiger partial charge in [0.15, 0.2) is 0 Å². The fourth-order valence-electron chi connectivity index (χ4n) is 2.61. The summed E-state index contributed by atoms with van der Waals surface area (Å²) in [5, 5.41) is 10.7. The maximum Gasteiger partial charge on any atom is 0.270 e. The molecule has 2 amide bonds. The minimum absolute atomic E-state index is 0.0255. The van der Waals surface area contributed by atoms with E-state index in [1.54, 1.807) is 48.6 Å². The number of fused-ring (bicyclic) bond motifs is 1. The number of benzene rings is 2. The summed E-state index contributed by atoms with van der Waals surface area (Å²) >= 11 is 0. The van der Waals surface area contributed by atoms with Crippen LogP contribution in [0, 0.1) is 10.1 Å². The highest BCUT2D eigenvalue weighted by molar-refractivity contribution is 6.21. The quantitative estimate of drug-likeness (QED) is 0.480. The lowest BCUT2D eigenvalue weighted by Crippen LogP contribution is -2.30. The molecule has 0 fully saturated rings. The second-order valence-electron chi connectivity index (χ2n) is 5.35. The first-order chi connectivity index (χ1) is 11.6. The van der Waals surface area contributed by atoms with Gasteiger partial charge < -0.3 is 0 Å². The molecule has 6 heteroatoms. The number of hydrogen-bond donors (Lipinski definition) is 0. The van der Waals surface area contributed by atoms with E-state index in [0.29, 0.717) is 23.1 Å². The molecule has 0 spiro atoms. The normalized spacial score (nSPS) is 13.6. The predicted molar refractivity (Wildman–Crippen MR) is 88.6 cm³/mol. The minimum atomic E-state index is -0.448. The van der Waals surface area contributed by atoms with E-state index in [9.17, 15) is 19.7 Å². The first kappa shape index (κ1) is 15.6. The van der Waals surface area contributed by atoms with Gasteiger partial charge in [-0.05, 0) is 24.1 Å². The topological polar surface area (TPSA) is 80.5 Å². The van der Waals surface area contributed by atoms with Crippen LogP contribution in [-0.4, -0.2) is 28.2 Å². The van der Waals surface area contributed by atoms with Gasteiger partial charge >= 0.3 is 0 Å². The maximum absolute atomic E-state index is 12.2. The Morgan fingerprint density at radius 3 is 2.29 bits per heavy atom. The Morgan fingerprint density at radius 2 is 1.67 bits per heavy atom. The summed E-state index contributed by atoms with van der Waals surface area (Å²) in [6.45, 7) is 0.276. The molecule has 120 valence electrons. The van der Waals surface area contributed by atoms with E-state index in [2.05, 4.69) is 0 Å². The molecule has 0 atom stereocenters. The van der Waals surface area contributed by atoms with Crippen molar-refractivity contribution in [2.45, 2.75) is 6.42 Å². The Labute approximate surface area is 138 Å². The van der Waals surface area contributed by atoms with Crippen LogP contribution in [-0.2, 0) is 0 Å². The Hall–Kier alpha value is -3.28. The van der Waals surface area contributed by atoms with Crippen LogP contribution in [0.4, 0.5) is 5.69 Å². The summed E-state index contributed by atoms with van der Waals surface area (Å²) in [5.41, 5.74) is 1.60. The molecule has 0 saturated heterocycles. The van der Waals surface area contributed by atoms with Crippen molar-refractivity contribution in [1.29, 1.82) is 0 Å². The van der Waals surface area contributed by atoms with Crippen LogP contribution in [0.2, 0.25) is 0 Å². The molecule has 0 unspecified atom stereocenters. The number of amides is 2. The Kier molecular flexibility index (Phi) is 4.20. The Balaban J connectivity index is 1.63. The minimum Gasteiger partial charge on any atom is -0.274 e. The zero-order valence-electron chi connectivity index (χ0n) is 12.7. The molecule has 6 nitrogen and oxygen atoms in total. The first-order valence-corrected chi connectivity index (χ1v) is 7.44. The molecule has 24 heavy (non-hydrogen) atoms. The molecule has 2 aromatic rings. The number of hydrogen-bond acceptors (Lipinski definition) is 4. The van der Waals surface area contributed by atoms with Gasteiger partial charge in [-0.25, -0.2) is 0 Å². The monoisotopic (exact) mass is 322 g/mol. The molecule has 3 rings (SSSR count). The zero-order chi connectivity index (χ0) is 17.1. The fourth-order valence-corrected chi connectivity index (χ4v) is 2.61. The third kappa shape index (κ3) is 2.94. The molecule has 0 aliphatic carbocycles. The molecule has 1 aliphatic heterocycles. The van der Waals surface area contributed by atoms with E-state index in [-0.39, 0.29) is 24.0 Å². The van der Waals surface area contributed by atoms with Gasteiger partial charge in [0.2, 0.25) is 0 Å². The number of nitro benzene ring substituents is 1. The highest BCUT2D eigenvalue weighted by Crippen LogP contribution is 2.22. The number of carbonyl (C=O) groups is 2. The van der Waals surface area contributed by atoms with Gasteiger partial charge in [0.05, 0.1) is 16.1 Å². The first-order valence-electron chi connectivity index (χ1n) is 7.44. The van der Waals surface area contributed by atoms with Crippen LogP contribution in [0.15, 0.2) is 54.6 Å². The third-order valence-electron chi connectivity index (χ3n) is 3.79. The maximum atomic E-state index is 12.2. The summed E-state index contributed by atoms with van der Waals surface area (Å²) in [6.07, 6.45) is 4.02. The Bertz CT molecular complexity index is 823. The molecule has 1 heterocycles. The van der Waals surface area contributed by atoms with E-state index >= 15 is 0 Å². The van der Waals surface area contributed by atoms with Gasteiger partial charge in [-0.3, -0.25) is 24.6 Å². The molecule has 0 saturated carbocycles. The number of rotatable bonds is 5. The van der Waals surface area contributed by atoms with Crippen molar-refractivity contribution >= 4 is 23.6 Å². The van der Waals surface area contributed by atoms with Crippen molar-refractivity contribution in [3.05, 3.63) is 81.4 Å². The second-order valence-corrected chi connectivity index (χ2v) is 5.35. The largest absolute Gasteiger partial charge is 0.274 e. The van der Waals surface area contributed by atoms with E-state index < -0.39 is 4.92 Å². The average Bonchev–Trinajstić information content (AvgIpc) is 2.84. The van der Waals surface area contributed by atoms with Crippen LogP contribution in [0.1, 0.15) is 32.7 Å². The predicted octanol–water partition coefficient (Wildman–Crippen LogP) is 3.29. The SMILES string of the molecule is O=C1c2ccccc2C(=O)N1CC/C=C/c1cccc([N+](=O)[O-])c1. The van der Waals surface area contributed by atoms with Crippen molar-refractivity contribution in [2.75, 3.05) is 6.54 Å². The summed E-state index contributed by atoms with van der Waals surface area (Å²) in [5.74, 6) is -0.557. The number of carbonyl (C=O) groups excluding carboxylic acids is 2. The molecular formula is C18H14N2O4. The van der Waals surface area contributed by atoms with E-state index in [1.807, 2.05) is 0 Å². The van der Waals surface area contributed by atoms with Crippen LogP contribution >= 0.6 is 0 Å².